The van der Waals surface area contributed by atoms with Gasteiger partial charge in [0, 0.05) is 14.4 Å². The zero-order chi connectivity index (χ0) is 12.7. The summed E-state index contributed by atoms with van der Waals surface area (Å²) in [6, 6.07) is 7.77. The monoisotopic (exact) mass is 358 g/mol. The molecule has 0 radical (unpaired) electrons. The summed E-state index contributed by atoms with van der Waals surface area (Å²) in [4.78, 5) is 9.25. The van der Waals surface area contributed by atoms with Crippen molar-refractivity contribution in [2.45, 2.75) is 0 Å². The van der Waals surface area contributed by atoms with E-state index in [0.717, 1.165) is 25.1 Å². The molecule has 0 amide bonds. The maximum Gasteiger partial charge on any atom is 0.150 e. The molecule has 90 valence electrons. The van der Waals surface area contributed by atoms with E-state index in [9.17, 15) is 0 Å². The number of aromatic nitrogens is 2. The molecule has 0 bridgehead atoms. The molecule has 0 aliphatic heterocycles. The molecule has 0 saturated heterocycles. The van der Waals surface area contributed by atoms with Crippen LogP contribution in [0.2, 0.25) is 10.2 Å². The van der Waals surface area contributed by atoms with Crippen LogP contribution in [-0.2, 0) is 0 Å². The zero-order valence-electron chi connectivity index (χ0n) is 8.82. The SMILES string of the molecule is Clc1cc(Br)cc(-c2cc3ncnc(Cl)c3s2)c1. The molecular weight excluding hydrogens is 355 g/mol. The fourth-order valence-corrected chi connectivity index (χ4v) is 3.76. The Hall–Kier alpha value is -0.680. The average Bonchev–Trinajstić information content (AvgIpc) is 2.73. The first-order valence-corrected chi connectivity index (χ1v) is 7.36. The quantitative estimate of drug-likeness (QED) is 0.541. The van der Waals surface area contributed by atoms with Crippen LogP contribution in [0.3, 0.4) is 0 Å². The molecule has 2 aromatic heterocycles. The minimum absolute atomic E-state index is 0.484. The molecule has 3 aromatic rings. The van der Waals surface area contributed by atoms with E-state index in [2.05, 4.69) is 25.9 Å². The normalized spacial score (nSPS) is 11.1. The van der Waals surface area contributed by atoms with Crippen LogP contribution in [0.25, 0.3) is 20.7 Å². The summed E-state index contributed by atoms with van der Waals surface area (Å²) in [6.07, 6.45) is 1.47. The van der Waals surface area contributed by atoms with Gasteiger partial charge in [-0.05, 0) is 29.8 Å². The number of fused-ring (bicyclic) bond motifs is 1. The molecule has 1 aromatic carbocycles. The number of hydrogen-bond acceptors (Lipinski definition) is 3. The van der Waals surface area contributed by atoms with Gasteiger partial charge in [0.15, 0.2) is 0 Å². The molecule has 2 heterocycles. The van der Waals surface area contributed by atoms with Crippen LogP contribution < -0.4 is 0 Å². The fourth-order valence-electron chi connectivity index (χ4n) is 1.66. The summed E-state index contributed by atoms with van der Waals surface area (Å²) in [5, 5.41) is 1.17. The molecule has 0 aliphatic rings. The van der Waals surface area contributed by atoms with E-state index < -0.39 is 0 Å². The number of rotatable bonds is 1. The summed E-state index contributed by atoms with van der Waals surface area (Å²) in [5.74, 6) is 0. The first-order chi connectivity index (χ1) is 8.63. The van der Waals surface area contributed by atoms with Gasteiger partial charge >= 0.3 is 0 Å². The van der Waals surface area contributed by atoms with Crippen LogP contribution in [0, 0.1) is 0 Å². The molecule has 0 unspecified atom stereocenters. The van der Waals surface area contributed by atoms with Crippen molar-refractivity contribution >= 4 is 60.7 Å². The summed E-state index contributed by atoms with van der Waals surface area (Å²) in [7, 11) is 0. The standard InChI is InChI=1S/C12H5BrCl2N2S/c13-7-1-6(2-8(14)3-7)10-4-9-11(18-10)12(15)17-5-16-9/h1-5H. The molecule has 0 N–H and O–H groups in total. The lowest BCUT2D eigenvalue weighted by Gasteiger charge is -1.99. The Balaban J connectivity index is 2.22. The molecular formula is C12H5BrCl2N2S. The summed E-state index contributed by atoms with van der Waals surface area (Å²) in [5.41, 5.74) is 1.89. The maximum absolute atomic E-state index is 6.05. The highest BCUT2D eigenvalue weighted by molar-refractivity contribution is 9.10. The predicted octanol–water partition coefficient (Wildman–Crippen LogP) is 5.43. The number of halogens is 3. The fraction of sp³-hybridized carbons (Fsp3) is 0. The van der Waals surface area contributed by atoms with Crippen molar-refractivity contribution in [1.29, 1.82) is 0 Å². The first-order valence-electron chi connectivity index (χ1n) is 5.00. The lowest BCUT2D eigenvalue weighted by molar-refractivity contribution is 1.23. The van der Waals surface area contributed by atoms with Gasteiger partial charge in [-0.1, -0.05) is 39.1 Å². The Kier molecular flexibility index (Phi) is 3.28. The van der Waals surface area contributed by atoms with Gasteiger partial charge in [0.2, 0.25) is 0 Å². The van der Waals surface area contributed by atoms with E-state index in [0.29, 0.717) is 10.2 Å². The maximum atomic E-state index is 6.05. The van der Waals surface area contributed by atoms with Gasteiger partial charge in [-0.3, -0.25) is 0 Å². The van der Waals surface area contributed by atoms with Gasteiger partial charge in [0.25, 0.3) is 0 Å². The van der Waals surface area contributed by atoms with Gasteiger partial charge in [0.05, 0.1) is 10.2 Å². The minimum Gasteiger partial charge on any atom is -0.235 e. The Morgan fingerprint density at radius 3 is 2.61 bits per heavy atom. The zero-order valence-corrected chi connectivity index (χ0v) is 12.7. The number of thiophene rings is 1. The minimum atomic E-state index is 0.484. The Bertz CT molecular complexity index is 722. The van der Waals surface area contributed by atoms with Crippen molar-refractivity contribution in [3.8, 4) is 10.4 Å². The Morgan fingerprint density at radius 2 is 1.89 bits per heavy atom. The van der Waals surface area contributed by atoms with E-state index in [1.54, 1.807) is 11.3 Å². The smallest absolute Gasteiger partial charge is 0.150 e. The van der Waals surface area contributed by atoms with E-state index in [1.165, 1.54) is 6.33 Å². The topological polar surface area (TPSA) is 25.8 Å². The van der Waals surface area contributed by atoms with E-state index in [-0.39, 0.29) is 0 Å². The molecule has 0 saturated carbocycles. The second-order valence-electron chi connectivity index (χ2n) is 3.65. The van der Waals surface area contributed by atoms with Crippen molar-refractivity contribution in [3.63, 3.8) is 0 Å². The summed E-state index contributed by atoms with van der Waals surface area (Å²) in [6.45, 7) is 0. The average molecular weight is 360 g/mol. The van der Waals surface area contributed by atoms with Crippen molar-refractivity contribution in [3.05, 3.63) is 45.2 Å². The van der Waals surface area contributed by atoms with E-state index in [4.69, 9.17) is 23.2 Å². The van der Waals surface area contributed by atoms with Gasteiger partial charge in [0.1, 0.15) is 11.5 Å². The predicted molar refractivity (Wildman–Crippen MR) is 80.6 cm³/mol. The summed E-state index contributed by atoms with van der Waals surface area (Å²) >= 11 is 17.1. The van der Waals surface area contributed by atoms with Gasteiger partial charge < -0.3 is 0 Å². The largest absolute Gasteiger partial charge is 0.235 e. The Morgan fingerprint density at radius 1 is 1.06 bits per heavy atom. The van der Waals surface area contributed by atoms with E-state index >= 15 is 0 Å². The lowest BCUT2D eigenvalue weighted by Crippen LogP contribution is -1.76. The first kappa shape index (κ1) is 12.4. The molecule has 3 rings (SSSR count). The highest BCUT2D eigenvalue weighted by atomic mass is 79.9. The van der Waals surface area contributed by atoms with Crippen LogP contribution in [-0.4, -0.2) is 9.97 Å². The second kappa shape index (κ2) is 4.78. The highest BCUT2D eigenvalue weighted by Crippen LogP contribution is 2.37. The molecule has 6 heteroatoms. The van der Waals surface area contributed by atoms with Crippen LogP contribution in [0.15, 0.2) is 35.1 Å². The molecule has 0 fully saturated rings. The van der Waals surface area contributed by atoms with Crippen LogP contribution in [0.4, 0.5) is 0 Å². The van der Waals surface area contributed by atoms with Gasteiger partial charge in [-0.2, -0.15) is 0 Å². The van der Waals surface area contributed by atoms with Crippen LogP contribution in [0.1, 0.15) is 0 Å². The molecule has 18 heavy (non-hydrogen) atoms. The molecule has 0 spiro atoms. The summed E-state index contributed by atoms with van der Waals surface area (Å²) < 4.78 is 1.84. The number of nitrogens with zero attached hydrogens (tertiary/aromatic N) is 2. The number of hydrogen-bond donors (Lipinski definition) is 0. The van der Waals surface area contributed by atoms with Crippen molar-refractivity contribution in [2.75, 3.05) is 0 Å². The van der Waals surface area contributed by atoms with Crippen LogP contribution >= 0.6 is 50.5 Å². The highest BCUT2D eigenvalue weighted by Gasteiger charge is 2.09. The number of benzene rings is 1. The van der Waals surface area contributed by atoms with Gasteiger partial charge in [-0.15, -0.1) is 11.3 Å². The van der Waals surface area contributed by atoms with Crippen LogP contribution in [0.5, 0.6) is 0 Å². The van der Waals surface area contributed by atoms with Crippen molar-refractivity contribution in [1.82, 2.24) is 9.97 Å². The third kappa shape index (κ3) is 2.26. The van der Waals surface area contributed by atoms with Crippen molar-refractivity contribution in [2.24, 2.45) is 0 Å². The van der Waals surface area contributed by atoms with Gasteiger partial charge in [-0.25, -0.2) is 9.97 Å². The molecule has 0 aliphatic carbocycles. The molecule has 0 atom stereocenters. The second-order valence-corrected chi connectivity index (χ2v) is 6.41. The molecule has 2 nitrogen and oxygen atoms in total. The van der Waals surface area contributed by atoms with E-state index in [1.807, 2.05) is 24.3 Å². The Labute approximate surface area is 126 Å². The van der Waals surface area contributed by atoms with Crippen molar-refractivity contribution < 1.29 is 0 Å². The lowest BCUT2D eigenvalue weighted by atomic mass is 10.2. The third-order valence-electron chi connectivity index (χ3n) is 2.41. The third-order valence-corrected chi connectivity index (χ3v) is 4.67.